The third-order valence-corrected chi connectivity index (χ3v) is 5.47. The Hall–Kier alpha value is -0.433. The van der Waals surface area contributed by atoms with Gasteiger partial charge in [0.05, 0.1) is 5.84 Å². The van der Waals surface area contributed by atoms with Crippen LogP contribution in [0.3, 0.4) is 0 Å². The van der Waals surface area contributed by atoms with Crippen LogP contribution in [-0.2, 0) is 13.3 Å². The summed E-state index contributed by atoms with van der Waals surface area (Å²) in [5, 5.41) is 7.93. The van der Waals surface area contributed by atoms with E-state index in [1.54, 1.807) is 21.3 Å². The molecule has 16 heavy (non-hydrogen) atoms. The fourth-order valence-corrected chi connectivity index (χ4v) is 3.25. The Balaban J connectivity index is 4.25. The molecular formula is C10H24N2O3Si. The van der Waals surface area contributed by atoms with Gasteiger partial charge in [0, 0.05) is 46.9 Å². The average Bonchev–Trinajstić information content (AvgIpc) is 2.33. The largest absolute Gasteiger partial charge is 0.500 e. The SMILES string of the molecule is CCN(CC)C(=N)CC[Si](OC)(OC)OC. The number of amidine groups is 1. The molecular weight excluding hydrogens is 224 g/mol. The van der Waals surface area contributed by atoms with E-state index in [1.165, 1.54) is 0 Å². The minimum atomic E-state index is -2.52. The summed E-state index contributed by atoms with van der Waals surface area (Å²) in [5.41, 5.74) is 0. The van der Waals surface area contributed by atoms with Gasteiger partial charge in [0.25, 0.3) is 0 Å². The van der Waals surface area contributed by atoms with Crippen LogP contribution >= 0.6 is 0 Å². The maximum absolute atomic E-state index is 7.93. The van der Waals surface area contributed by atoms with Gasteiger partial charge in [0.1, 0.15) is 0 Å². The molecule has 0 aliphatic carbocycles. The van der Waals surface area contributed by atoms with E-state index in [4.69, 9.17) is 18.7 Å². The smallest absolute Gasteiger partial charge is 0.377 e. The van der Waals surface area contributed by atoms with Crippen molar-refractivity contribution in [3.8, 4) is 0 Å². The molecule has 0 spiro atoms. The lowest BCUT2D eigenvalue weighted by Gasteiger charge is -2.27. The molecule has 0 fully saturated rings. The molecule has 0 rings (SSSR count). The molecule has 0 aromatic rings. The molecule has 0 aliphatic rings. The molecule has 0 atom stereocenters. The average molecular weight is 248 g/mol. The van der Waals surface area contributed by atoms with Crippen LogP contribution in [0.15, 0.2) is 0 Å². The van der Waals surface area contributed by atoms with Crippen molar-refractivity contribution in [2.75, 3.05) is 34.4 Å². The summed E-state index contributed by atoms with van der Waals surface area (Å²) >= 11 is 0. The first-order chi connectivity index (χ1) is 7.59. The number of hydrogen-bond acceptors (Lipinski definition) is 4. The minimum Gasteiger partial charge on any atom is -0.377 e. The van der Waals surface area contributed by atoms with Gasteiger partial charge in [-0.1, -0.05) is 0 Å². The molecule has 1 N–H and O–H groups in total. The van der Waals surface area contributed by atoms with E-state index in [2.05, 4.69) is 0 Å². The molecule has 0 heterocycles. The van der Waals surface area contributed by atoms with Crippen LogP contribution in [0.5, 0.6) is 0 Å². The fraction of sp³-hybridized carbons (Fsp3) is 0.900. The topological polar surface area (TPSA) is 54.8 Å². The lowest BCUT2D eigenvalue weighted by atomic mass is 10.3. The van der Waals surface area contributed by atoms with Crippen LogP contribution in [0.1, 0.15) is 20.3 Å². The molecule has 0 aromatic heterocycles. The van der Waals surface area contributed by atoms with E-state index in [1.807, 2.05) is 18.7 Å². The van der Waals surface area contributed by atoms with Crippen molar-refractivity contribution < 1.29 is 13.3 Å². The zero-order chi connectivity index (χ0) is 12.6. The van der Waals surface area contributed by atoms with E-state index in [0.29, 0.717) is 18.3 Å². The van der Waals surface area contributed by atoms with Crippen molar-refractivity contribution in [3.05, 3.63) is 0 Å². The molecule has 0 unspecified atom stereocenters. The van der Waals surface area contributed by atoms with Crippen molar-refractivity contribution in [1.82, 2.24) is 4.90 Å². The van der Waals surface area contributed by atoms with E-state index in [-0.39, 0.29) is 0 Å². The second-order valence-electron chi connectivity index (χ2n) is 3.41. The van der Waals surface area contributed by atoms with Gasteiger partial charge in [0.2, 0.25) is 0 Å². The number of nitrogens with zero attached hydrogens (tertiary/aromatic N) is 1. The van der Waals surface area contributed by atoms with Crippen molar-refractivity contribution in [2.24, 2.45) is 0 Å². The molecule has 0 bridgehead atoms. The molecule has 0 radical (unpaired) electrons. The summed E-state index contributed by atoms with van der Waals surface area (Å²) in [6.07, 6.45) is 0.628. The molecule has 5 nitrogen and oxygen atoms in total. The first kappa shape index (κ1) is 15.6. The molecule has 0 saturated heterocycles. The summed E-state index contributed by atoms with van der Waals surface area (Å²) in [4.78, 5) is 2.01. The second-order valence-corrected chi connectivity index (χ2v) is 6.51. The van der Waals surface area contributed by atoms with Gasteiger partial charge >= 0.3 is 8.80 Å². The Morgan fingerprint density at radius 3 is 1.81 bits per heavy atom. The van der Waals surface area contributed by atoms with E-state index < -0.39 is 8.80 Å². The molecule has 0 aromatic carbocycles. The van der Waals surface area contributed by atoms with Crippen molar-refractivity contribution in [1.29, 1.82) is 5.41 Å². The molecule has 0 aliphatic heterocycles. The van der Waals surface area contributed by atoms with Crippen LogP contribution in [0, 0.1) is 5.41 Å². The quantitative estimate of drug-likeness (QED) is 0.402. The highest BCUT2D eigenvalue weighted by Crippen LogP contribution is 2.15. The zero-order valence-corrected chi connectivity index (χ0v) is 12.0. The van der Waals surface area contributed by atoms with Crippen LogP contribution < -0.4 is 0 Å². The first-order valence-electron chi connectivity index (χ1n) is 5.56. The molecule has 0 amide bonds. The highest BCUT2D eigenvalue weighted by Gasteiger charge is 2.37. The zero-order valence-electron chi connectivity index (χ0n) is 11.0. The maximum atomic E-state index is 7.93. The standard InChI is InChI=1S/C10H24N2O3Si/c1-6-12(7-2)10(11)8-9-16(13-3,14-4)15-5/h11H,6-9H2,1-5H3. The Morgan fingerprint density at radius 1 is 1.06 bits per heavy atom. The normalized spacial score (nSPS) is 11.6. The Bertz CT molecular complexity index is 198. The lowest BCUT2D eigenvalue weighted by Crippen LogP contribution is -2.44. The van der Waals surface area contributed by atoms with Crippen LogP contribution in [0.4, 0.5) is 0 Å². The summed E-state index contributed by atoms with van der Waals surface area (Å²) < 4.78 is 15.9. The summed E-state index contributed by atoms with van der Waals surface area (Å²) in [7, 11) is 2.27. The van der Waals surface area contributed by atoms with Crippen LogP contribution in [0.2, 0.25) is 6.04 Å². The number of hydrogen-bond donors (Lipinski definition) is 1. The maximum Gasteiger partial charge on any atom is 0.500 e. The van der Waals surface area contributed by atoms with E-state index >= 15 is 0 Å². The summed E-state index contributed by atoms with van der Waals surface area (Å²) in [6.45, 7) is 5.81. The fourth-order valence-electron chi connectivity index (χ4n) is 1.59. The van der Waals surface area contributed by atoms with Crippen molar-refractivity contribution in [2.45, 2.75) is 26.3 Å². The highest BCUT2D eigenvalue weighted by atomic mass is 28.4. The van der Waals surface area contributed by atoms with E-state index in [9.17, 15) is 0 Å². The van der Waals surface area contributed by atoms with Gasteiger partial charge < -0.3 is 18.2 Å². The van der Waals surface area contributed by atoms with Gasteiger partial charge in [-0.15, -0.1) is 0 Å². The van der Waals surface area contributed by atoms with Gasteiger partial charge in [-0.25, -0.2) is 0 Å². The Morgan fingerprint density at radius 2 is 1.50 bits per heavy atom. The predicted octanol–water partition coefficient (Wildman–Crippen LogP) is 1.57. The molecule has 96 valence electrons. The third kappa shape index (κ3) is 4.21. The highest BCUT2D eigenvalue weighted by molar-refractivity contribution is 6.60. The first-order valence-corrected chi connectivity index (χ1v) is 7.50. The van der Waals surface area contributed by atoms with Crippen LogP contribution in [-0.4, -0.2) is 54.0 Å². The predicted molar refractivity (Wildman–Crippen MR) is 66.9 cm³/mol. The van der Waals surface area contributed by atoms with Gasteiger partial charge in [-0.05, 0) is 13.8 Å². The lowest BCUT2D eigenvalue weighted by molar-refractivity contribution is 0.124. The van der Waals surface area contributed by atoms with Crippen molar-refractivity contribution >= 4 is 14.6 Å². The van der Waals surface area contributed by atoms with Crippen LogP contribution in [0.25, 0.3) is 0 Å². The number of nitrogens with one attached hydrogen (secondary N) is 1. The van der Waals surface area contributed by atoms with E-state index in [0.717, 1.165) is 13.1 Å². The number of rotatable bonds is 8. The van der Waals surface area contributed by atoms with Gasteiger partial charge in [-0.2, -0.15) is 0 Å². The third-order valence-electron chi connectivity index (χ3n) is 2.75. The van der Waals surface area contributed by atoms with Gasteiger partial charge in [0.15, 0.2) is 0 Å². The molecule has 6 heteroatoms. The monoisotopic (exact) mass is 248 g/mol. The van der Waals surface area contributed by atoms with Gasteiger partial charge in [-0.3, -0.25) is 5.41 Å². The Labute approximate surface area is 99.6 Å². The minimum absolute atomic E-state index is 0.619. The van der Waals surface area contributed by atoms with Crippen molar-refractivity contribution in [3.63, 3.8) is 0 Å². The summed E-state index contributed by atoms with van der Waals surface area (Å²) in [6, 6.07) is 0.645. The molecule has 0 saturated carbocycles. The summed E-state index contributed by atoms with van der Waals surface area (Å²) in [5.74, 6) is 0.619. The Kier molecular flexibility index (Phi) is 7.57. The second kappa shape index (κ2) is 7.78.